The van der Waals surface area contributed by atoms with Crippen molar-refractivity contribution in [1.29, 1.82) is 0 Å². The molecule has 0 unspecified atom stereocenters. The summed E-state index contributed by atoms with van der Waals surface area (Å²) in [6.45, 7) is 3.97. The Balaban J connectivity index is 1.94. The van der Waals surface area contributed by atoms with Gasteiger partial charge in [-0.15, -0.1) is 0 Å². The predicted octanol–water partition coefficient (Wildman–Crippen LogP) is 2.99. The first kappa shape index (κ1) is 15.5. The molecule has 0 spiro atoms. The van der Waals surface area contributed by atoms with Crippen molar-refractivity contribution in [3.05, 3.63) is 65.2 Å². The van der Waals surface area contributed by atoms with E-state index in [9.17, 15) is 4.79 Å². The van der Waals surface area contributed by atoms with Crippen LogP contribution in [0.15, 0.2) is 54.6 Å². The molecule has 2 rings (SSSR count). The van der Waals surface area contributed by atoms with Gasteiger partial charge in [-0.3, -0.25) is 4.79 Å². The van der Waals surface area contributed by atoms with E-state index in [0.29, 0.717) is 5.02 Å². The van der Waals surface area contributed by atoms with E-state index in [4.69, 9.17) is 11.6 Å². The van der Waals surface area contributed by atoms with Gasteiger partial charge in [0.2, 0.25) is 0 Å². The Morgan fingerprint density at radius 3 is 2.48 bits per heavy atom. The SMILES string of the molecule is C[C@H]([NH2+][C@H](C)C(=O)Nc1ccccc1)c1cccc(Cl)c1. The van der Waals surface area contributed by atoms with Gasteiger partial charge in [0.25, 0.3) is 5.91 Å². The molecule has 3 nitrogen and oxygen atoms in total. The fraction of sp³-hybridized carbons (Fsp3) is 0.235. The number of benzene rings is 2. The Morgan fingerprint density at radius 1 is 1.10 bits per heavy atom. The Bertz CT molecular complexity index is 601. The molecule has 0 bridgehead atoms. The second kappa shape index (κ2) is 7.25. The first-order chi connectivity index (χ1) is 10.1. The fourth-order valence-corrected chi connectivity index (χ4v) is 2.40. The number of halogens is 1. The van der Waals surface area contributed by atoms with Gasteiger partial charge in [-0.25, -0.2) is 0 Å². The van der Waals surface area contributed by atoms with Gasteiger partial charge in [-0.1, -0.05) is 41.9 Å². The first-order valence-corrected chi connectivity index (χ1v) is 7.40. The Hall–Kier alpha value is -1.84. The van der Waals surface area contributed by atoms with E-state index in [1.54, 1.807) is 0 Å². The maximum atomic E-state index is 12.2. The average molecular weight is 304 g/mol. The topological polar surface area (TPSA) is 45.7 Å². The number of para-hydroxylation sites is 1. The summed E-state index contributed by atoms with van der Waals surface area (Å²) < 4.78 is 0. The summed E-state index contributed by atoms with van der Waals surface area (Å²) in [7, 11) is 0. The summed E-state index contributed by atoms with van der Waals surface area (Å²) in [6.07, 6.45) is 0. The standard InChI is InChI=1S/C17H19ClN2O/c1-12(14-7-6-8-15(18)11-14)19-13(2)17(21)20-16-9-4-3-5-10-16/h3-13,19H,1-2H3,(H,20,21)/p+1/t12-,13+/m0/s1. The molecule has 0 saturated heterocycles. The highest BCUT2D eigenvalue weighted by Crippen LogP contribution is 2.15. The maximum Gasteiger partial charge on any atom is 0.282 e. The number of carbonyl (C=O) groups excluding carboxylic acids is 1. The molecule has 0 aliphatic rings. The zero-order valence-electron chi connectivity index (χ0n) is 12.2. The lowest BCUT2D eigenvalue weighted by Crippen LogP contribution is -2.91. The van der Waals surface area contributed by atoms with E-state index in [0.717, 1.165) is 11.3 Å². The second-order valence-electron chi connectivity index (χ2n) is 5.18. The third-order valence-electron chi connectivity index (χ3n) is 3.41. The van der Waals surface area contributed by atoms with Crippen LogP contribution in [0.1, 0.15) is 25.5 Å². The van der Waals surface area contributed by atoms with Gasteiger partial charge >= 0.3 is 0 Å². The molecule has 2 aromatic carbocycles. The van der Waals surface area contributed by atoms with E-state index in [1.807, 2.05) is 66.8 Å². The molecule has 21 heavy (non-hydrogen) atoms. The lowest BCUT2D eigenvalue weighted by molar-refractivity contribution is -0.709. The predicted molar refractivity (Wildman–Crippen MR) is 86.3 cm³/mol. The minimum Gasteiger partial charge on any atom is -0.330 e. The smallest absolute Gasteiger partial charge is 0.282 e. The third-order valence-corrected chi connectivity index (χ3v) is 3.64. The number of carbonyl (C=O) groups is 1. The number of amides is 1. The summed E-state index contributed by atoms with van der Waals surface area (Å²) in [5.41, 5.74) is 1.93. The van der Waals surface area contributed by atoms with Gasteiger partial charge in [-0.2, -0.15) is 0 Å². The van der Waals surface area contributed by atoms with Crippen molar-refractivity contribution in [2.24, 2.45) is 0 Å². The molecular weight excluding hydrogens is 284 g/mol. The minimum atomic E-state index is -0.181. The van der Waals surface area contributed by atoms with Crippen LogP contribution in [0.3, 0.4) is 0 Å². The zero-order valence-corrected chi connectivity index (χ0v) is 13.0. The van der Waals surface area contributed by atoms with Gasteiger partial charge in [0.05, 0.1) is 0 Å². The van der Waals surface area contributed by atoms with Crippen LogP contribution < -0.4 is 10.6 Å². The van der Waals surface area contributed by atoms with Gasteiger partial charge in [0, 0.05) is 16.3 Å². The summed E-state index contributed by atoms with van der Waals surface area (Å²) in [6, 6.07) is 17.2. The molecule has 110 valence electrons. The van der Waals surface area contributed by atoms with E-state index >= 15 is 0 Å². The highest BCUT2D eigenvalue weighted by molar-refractivity contribution is 6.30. The molecule has 2 aromatic rings. The highest BCUT2D eigenvalue weighted by Gasteiger charge is 2.20. The Morgan fingerprint density at radius 2 is 1.81 bits per heavy atom. The third kappa shape index (κ3) is 4.59. The van der Waals surface area contributed by atoms with Crippen LogP contribution in [-0.4, -0.2) is 11.9 Å². The zero-order chi connectivity index (χ0) is 15.2. The van der Waals surface area contributed by atoms with Gasteiger partial charge in [-0.05, 0) is 38.1 Å². The Labute approximate surface area is 130 Å². The number of nitrogens with two attached hydrogens (primary N) is 1. The molecule has 0 aromatic heterocycles. The van der Waals surface area contributed by atoms with Crippen LogP contribution in [0.25, 0.3) is 0 Å². The monoisotopic (exact) mass is 303 g/mol. The van der Waals surface area contributed by atoms with Crippen molar-refractivity contribution in [2.45, 2.75) is 25.9 Å². The van der Waals surface area contributed by atoms with E-state index < -0.39 is 0 Å². The van der Waals surface area contributed by atoms with Crippen LogP contribution in [0, 0.1) is 0 Å². The molecule has 0 saturated carbocycles. The van der Waals surface area contributed by atoms with Crippen molar-refractivity contribution in [3.63, 3.8) is 0 Å². The molecule has 0 radical (unpaired) electrons. The highest BCUT2D eigenvalue weighted by atomic mass is 35.5. The minimum absolute atomic E-state index is 0.00456. The molecule has 3 N–H and O–H groups in total. The average Bonchev–Trinajstić information content (AvgIpc) is 2.48. The maximum absolute atomic E-state index is 12.2. The van der Waals surface area contributed by atoms with Crippen LogP contribution in [0.5, 0.6) is 0 Å². The van der Waals surface area contributed by atoms with Crippen LogP contribution in [-0.2, 0) is 4.79 Å². The number of quaternary nitrogens is 1. The molecule has 0 heterocycles. The van der Waals surface area contributed by atoms with Gasteiger partial charge in [0.15, 0.2) is 6.04 Å². The summed E-state index contributed by atoms with van der Waals surface area (Å²) in [5, 5.41) is 5.66. The summed E-state index contributed by atoms with van der Waals surface area (Å²) in [4.78, 5) is 12.2. The molecule has 4 heteroatoms. The van der Waals surface area contributed by atoms with Crippen molar-refractivity contribution >= 4 is 23.2 Å². The van der Waals surface area contributed by atoms with Crippen LogP contribution in [0.2, 0.25) is 5.02 Å². The molecule has 0 fully saturated rings. The first-order valence-electron chi connectivity index (χ1n) is 7.02. The van der Waals surface area contributed by atoms with E-state index in [-0.39, 0.29) is 18.0 Å². The molecule has 0 aliphatic carbocycles. The van der Waals surface area contributed by atoms with Crippen LogP contribution in [0.4, 0.5) is 5.69 Å². The number of rotatable bonds is 5. The number of nitrogens with one attached hydrogen (secondary N) is 1. The van der Waals surface area contributed by atoms with E-state index in [2.05, 4.69) is 12.2 Å². The Kier molecular flexibility index (Phi) is 5.37. The molecule has 1 amide bonds. The van der Waals surface area contributed by atoms with Crippen molar-refractivity contribution in [2.75, 3.05) is 5.32 Å². The molecule has 2 atom stereocenters. The molecular formula is C17H20ClN2O+. The van der Waals surface area contributed by atoms with Gasteiger partial charge in [0.1, 0.15) is 6.04 Å². The number of hydrogen-bond donors (Lipinski definition) is 2. The number of hydrogen-bond acceptors (Lipinski definition) is 1. The largest absolute Gasteiger partial charge is 0.330 e. The second-order valence-corrected chi connectivity index (χ2v) is 5.62. The van der Waals surface area contributed by atoms with Crippen molar-refractivity contribution < 1.29 is 10.1 Å². The van der Waals surface area contributed by atoms with E-state index in [1.165, 1.54) is 0 Å². The number of anilines is 1. The quantitative estimate of drug-likeness (QED) is 0.876. The van der Waals surface area contributed by atoms with Crippen molar-refractivity contribution in [3.8, 4) is 0 Å². The van der Waals surface area contributed by atoms with Crippen molar-refractivity contribution in [1.82, 2.24) is 0 Å². The van der Waals surface area contributed by atoms with Crippen LogP contribution >= 0.6 is 11.6 Å². The summed E-state index contributed by atoms with van der Waals surface area (Å²) >= 11 is 6.00. The lowest BCUT2D eigenvalue weighted by atomic mass is 10.1. The normalized spacial score (nSPS) is 13.5. The molecule has 0 aliphatic heterocycles. The lowest BCUT2D eigenvalue weighted by Gasteiger charge is -2.17. The fourth-order valence-electron chi connectivity index (χ4n) is 2.20. The van der Waals surface area contributed by atoms with Gasteiger partial charge < -0.3 is 10.6 Å². The summed E-state index contributed by atoms with van der Waals surface area (Å²) in [5.74, 6) is -0.00456.